The Morgan fingerprint density at radius 1 is 1.26 bits per heavy atom. The molecule has 1 amide bonds. The summed E-state index contributed by atoms with van der Waals surface area (Å²) in [5.74, 6) is -2.09. The molecule has 2 heterocycles. The highest BCUT2D eigenvalue weighted by atomic mass is 32.2. The van der Waals surface area contributed by atoms with E-state index >= 15 is 0 Å². The number of fused-ring (bicyclic) bond motifs is 2. The van der Waals surface area contributed by atoms with Crippen molar-refractivity contribution in [3.8, 4) is 0 Å². The number of benzene rings is 1. The number of hydrogen-bond donors (Lipinski definition) is 2. The predicted octanol–water partition coefficient (Wildman–Crippen LogP) is 0.475. The Hall–Kier alpha value is -1.48. The van der Waals surface area contributed by atoms with Crippen molar-refractivity contribution in [2.75, 3.05) is 18.5 Å². The maximum Gasteiger partial charge on any atom is 0.294 e. The molecule has 1 aromatic rings. The lowest BCUT2D eigenvalue weighted by Crippen LogP contribution is -2.43. The summed E-state index contributed by atoms with van der Waals surface area (Å²) in [4.78, 5) is 11.7. The van der Waals surface area contributed by atoms with Crippen LogP contribution < -0.4 is 5.32 Å². The molecule has 0 unspecified atom stereocenters. The van der Waals surface area contributed by atoms with E-state index in [1.807, 2.05) is 0 Å². The average molecular weight is 285 g/mol. The standard InChI is InChI=1S/C11H11NO6S/c13-10-11(17-4-1-5-18-11)8-6-7(19(14,15)16)2-3-9(8)12-10/h2-3,6H,1,4-5H2,(H,12,13)(H,14,15,16). The molecule has 1 saturated heterocycles. The molecule has 102 valence electrons. The van der Waals surface area contributed by atoms with Gasteiger partial charge in [0.2, 0.25) is 0 Å². The Morgan fingerprint density at radius 2 is 1.95 bits per heavy atom. The van der Waals surface area contributed by atoms with Crippen LogP contribution in [0.2, 0.25) is 0 Å². The Morgan fingerprint density at radius 3 is 2.58 bits per heavy atom. The molecule has 8 heteroatoms. The van der Waals surface area contributed by atoms with Gasteiger partial charge in [-0.2, -0.15) is 8.42 Å². The Balaban J connectivity index is 2.16. The van der Waals surface area contributed by atoms with Gasteiger partial charge in [-0.25, -0.2) is 0 Å². The summed E-state index contributed by atoms with van der Waals surface area (Å²) in [5.41, 5.74) is 0.687. The topological polar surface area (TPSA) is 102 Å². The van der Waals surface area contributed by atoms with Gasteiger partial charge in [-0.1, -0.05) is 0 Å². The van der Waals surface area contributed by atoms with E-state index < -0.39 is 21.8 Å². The van der Waals surface area contributed by atoms with Crippen molar-refractivity contribution in [3.05, 3.63) is 23.8 Å². The SMILES string of the molecule is O=C1Nc2ccc(S(=O)(=O)O)cc2C12OCCCO2. The van der Waals surface area contributed by atoms with Gasteiger partial charge in [0.05, 0.1) is 23.8 Å². The minimum atomic E-state index is -4.35. The van der Waals surface area contributed by atoms with Gasteiger partial charge < -0.3 is 14.8 Å². The van der Waals surface area contributed by atoms with E-state index in [-0.39, 0.29) is 10.5 Å². The maximum absolute atomic E-state index is 12.0. The molecule has 0 aromatic heterocycles. The molecule has 19 heavy (non-hydrogen) atoms. The van der Waals surface area contributed by atoms with E-state index in [4.69, 9.17) is 14.0 Å². The van der Waals surface area contributed by atoms with Crippen LogP contribution in [0.1, 0.15) is 12.0 Å². The van der Waals surface area contributed by atoms with E-state index in [1.165, 1.54) is 18.2 Å². The summed E-state index contributed by atoms with van der Waals surface area (Å²) < 4.78 is 42.2. The summed E-state index contributed by atoms with van der Waals surface area (Å²) in [6.07, 6.45) is 0.655. The van der Waals surface area contributed by atoms with Crippen LogP contribution in [-0.2, 0) is 30.2 Å². The summed E-state index contributed by atoms with van der Waals surface area (Å²) >= 11 is 0. The van der Waals surface area contributed by atoms with Crippen molar-refractivity contribution in [1.82, 2.24) is 0 Å². The average Bonchev–Trinajstić information content (AvgIpc) is 2.62. The fourth-order valence-electron chi connectivity index (χ4n) is 2.21. The van der Waals surface area contributed by atoms with Crippen molar-refractivity contribution in [2.45, 2.75) is 17.1 Å². The Bertz CT molecular complexity index is 647. The lowest BCUT2D eigenvalue weighted by Gasteiger charge is -2.31. The number of anilines is 1. The van der Waals surface area contributed by atoms with Crippen LogP contribution in [0.15, 0.2) is 23.1 Å². The van der Waals surface area contributed by atoms with Gasteiger partial charge in [0.15, 0.2) is 0 Å². The predicted molar refractivity (Wildman–Crippen MR) is 63.1 cm³/mol. The van der Waals surface area contributed by atoms with E-state index in [2.05, 4.69) is 5.32 Å². The molecule has 0 atom stereocenters. The van der Waals surface area contributed by atoms with Gasteiger partial charge in [0.1, 0.15) is 0 Å². The molecular formula is C11H11NO6S. The largest absolute Gasteiger partial charge is 0.338 e. The fraction of sp³-hybridized carbons (Fsp3) is 0.364. The van der Waals surface area contributed by atoms with Gasteiger partial charge in [-0.15, -0.1) is 0 Å². The summed E-state index contributed by atoms with van der Waals surface area (Å²) in [5, 5.41) is 2.57. The number of hydrogen-bond acceptors (Lipinski definition) is 5. The molecule has 0 bridgehead atoms. The third-order valence-corrected chi connectivity index (χ3v) is 3.94. The number of rotatable bonds is 1. The smallest absolute Gasteiger partial charge is 0.294 e. The van der Waals surface area contributed by atoms with Crippen molar-refractivity contribution in [2.24, 2.45) is 0 Å². The number of ether oxygens (including phenoxy) is 2. The molecule has 0 saturated carbocycles. The molecule has 2 N–H and O–H groups in total. The number of nitrogens with one attached hydrogen (secondary N) is 1. The van der Waals surface area contributed by atoms with Gasteiger partial charge >= 0.3 is 0 Å². The van der Waals surface area contributed by atoms with Gasteiger partial charge in [-0.05, 0) is 24.6 Å². The number of amides is 1. The van der Waals surface area contributed by atoms with Crippen molar-refractivity contribution in [3.63, 3.8) is 0 Å². The lowest BCUT2D eigenvalue weighted by molar-refractivity contribution is -0.255. The van der Waals surface area contributed by atoms with Crippen LogP contribution in [0.5, 0.6) is 0 Å². The van der Waals surface area contributed by atoms with Crippen LogP contribution in [0.25, 0.3) is 0 Å². The highest BCUT2D eigenvalue weighted by Crippen LogP contribution is 2.42. The van der Waals surface area contributed by atoms with E-state index in [0.717, 1.165) is 0 Å². The molecule has 3 rings (SSSR count). The molecule has 2 aliphatic rings. The van der Waals surface area contributed by atoms with Crippen LogP contribution in [0.3, 0.4) is 0 Å². The maximum atomic E-state index is 12.0. The first-order valence-electron chi connectivity index (χ1n) is 5.65. The Kier molecular flexibility index (Phi) is 2.65. The van der Waals surface area contributed by atoms with Crippen molar-refractivity contribution < 1.29 is 27.2 Å². The first kappa shape index (κ1) is 12.5. The van der Waals surface area contributed by atoms with E-state index in [0.29, 0.717) is 25.3 Å². The van der Waals surface area contributed by atoms with Crippen molar-refractivity contribution in [1.29, 1.82) is 0 Å². The van der Waals surface area contributed by atoms with Gasteiger partial charge in [0.25, 0.3) is 21.8 Å². The van der Waals surface area contributed by atoms with Crippen LogP contribution in [-0.4, -0.2) is 32.1 Å². The van der Waals surface area contributed by atoms with Crippen LogP contribution >= 0.6 is 0 Å². The second kappa shape index (κ2) is 4.01. The van der Waals surface area contributed by atoms with E-state index in [1.54, 1.807) is 0 Å². The molecule has 1 spiro atoms. The summed E-state index contributed by atoms with van der Waals surface area (Å²) in [7, 11) is -4.35. The minimum absolute atomic E-state index is 0.271. The van der Waals surface area contributed by atoms with Gasteiger partial charge in [-0.3, -0.25) is 9.35 Å². The fourth-order valence-corrected chi connectivity index (χ4v) is 2.72. The summed E-state index contributed by atoms with van der Waals surface area (Å²) in [6.45, 7) is 0.673. The zero-order chi connectivity index (χ0) is 13.7. The second-order valence-corrected chi connectivity index (χ2v) is 5.73. The van der Waals surface area contributed by atoms with Crippen LogP contribution in [0.4, 0.5) is 5.69 Å². The van der Waals surface area contributed by atoms with Crippen LogP contribution in [0, 0.1) is 0 Å². The first-order chi connectivity index (χ1) is 8.93. The third-order valence-electron chi connectivity index (χ3n) is 3.09. The highest BCUT2D eigenvalue weighted by Gasteiger charge is 2.51. The molecule has 0 radical (unpaired) electrons. The molecule has 7 nitrogen and oxygen atoms in total. The summed E-state index contributed by atoms with van der Waals surface area (Å²) in [6, 6.07) is 3.79. The van der Waals surface area contributed by atoms with E-state index in [9.17, 15) is 13.2 Å². The monoisotopic (exact) mass is 285 g/mol. The highest BCUT2D eigenvalue weighted by molar-refractivity contribution is 7.85. The quantitative estimate of drug-likeness (QED) is 0.727. The lowest BCUT2D eigenvalue weighted by atomic mass is 10.1. The second-order valence-electron chi connectivity index (χ2n) is 4.30. The van der Waals surface area contributed by atoms with Gasteiger partial charge in [0, 0.05) is 5.56 Å². The molecule has 1 fully saturated rings. The van der Waals surface area contributed by atoms with Crippen molar-refractivity contribution >= 4 is 21.7 Å². The number of carbonyl (C=O) groups is 1. The third kappa shape index (κ3) is 1.84. The molecule has 0 aliphatic carbocycles. The zero-order valence-corrected chi connectivity index (χ0v) is 10.6. The zero-order valence-electron chi connectivity index (χ0n) is 9.75. The minimum Gasteiger partial charge on any atom is -0.338 e. The first-order valence-corrected chi connectivity index (χ1v) is 7.09. The number of carbonyl (C=O) groups excluding carboxylic acids is 1. The molecule has 1 aromatic carbocycles. The Labute approximate surface area is 109 Å². The molecular weight excluding hydrogens is 274 g/mol. The molecule has 2 aliphatic heterocycles. The normalized spacial score (nSPS) is 21.2.